The fourth-order valence-corrected chi connectivity index (χ4v) is 4.22. The molecule has 0 unspecified atom stereocenters. The molecule has 6 nitrogen and oxygen atoms in total. The summed E-state index contributed by atoms with van der Waals surface area (Å²) in [7, 11) is 0. The number of carbonyl (C=O) groups is 1. The number of thiophene rings is 1. The van der Waals surface area contributed by atoms with Gasteiger partial charge in [0.2, 0.25) is 0 Å². The number of piperazine rings is 1. The third kappa shape index (κ3) is 5.83. The smallest absolute Gasteiger partial charge is 0.261 e. The lowest BCUT2D eigenvalue weighted by atomic mass is 10.2. The van der Waals surface area contributed by atoms with Crippen LogP contribution in [0, 0.1) is 6.92 Å². The molecule has 0 atom stereocenters. The second-order valence-corrected chi connectivity index (χ2v) is 8.61. The van der Waals surface area contributed by atoms with Gasteiger partial charge in [-0.3, -0.25) is 9.69 Å². The summed E-state index contributed by atoms with van der Waals surface area (Å²) in [5, 5.41) is 4.93. The molecule has 1 N–H and O–H groups in total. The summed E-state index contributed by atoms with van der Waals surface area (Å²) in [5.41, 5.74) is 2.39. The van der Waals surface area contributed by atoms with Gasteiger partial charge in [-0.1, -0.05) is 35.9 Å². The van der Waals surface area contributed by atoms with Crippen molar-refractivity contribution in [1.29, 1.82) is 0 Å². The monoisotopic (exact) mass is 436 g/mol. The molecule has 4 rings (SSSR count). The molecule has 2 aromatic heterocycles. The summed E-state index contributed by atoms with van der Waals surface area (Å²) in [6.07, 6.45) is 1.82. The van der Waals surface area contributed by atoms with E-state index in [1.807, 2.05) is 35.8 Å². The van der Waals surface area contributed by atoms with Crippen LogP contribution in [0.5, 0.6) is 5.75 Å². The number of hydrogen-bond acceptors (Lipinski definition) is 6. The second kappa shape index (κ2) is 10.4. The van der Waals surface area contributed by atoms with Crippen LogP contribution in [0.1, 0.15) is 20.8 Å². The molecule has 0 radical (unpaired) electrons. The number of amides is 1. The Labute approximate surface area is 187 Å². The minimum absolute atomic E-state index is 0.0116. The molecular weight excluding hydrogens is 408 g/mol. The highest BCUT2D eigenvalue weighted by Crippen LogP contribution is 2.27. The topological polar surface area (TPSA) is 57.7 Å². The number of nitrogens with one attached hydrogen (secondary N) is 1. The number of hydrogen-bond donors (Lipinski definition) is 1. The van der Waals surface area contributed by atoms with Gasteiger partial charge >= 0.3 is 0 Å². The van der Waals surface area contributed by atoms with Crippen LogP contribution >= 0.6 is 11.3 Å². The Hall–Kier alpha value is -2.90. The molecule has 3 aromatic rings. The molecule has 1 aliphatic heterocycles. The third-order valence-corrected chi connectivity index (χ3v) is 6.26. The van der Waals surface area contributed by atoms with Crippen LogP contribution in [0.2, 0.25) is 0 Å². The fraction of sp³-hybridized carbons (Fsp3) is 0.333. The van der Waals surface area contributed by atoms with E-state index in [0.717, 1.165) is 54.7 Å². The van der Waals surface area contributed by atoms with Crippen LogP contribution < -0.4 is 15.0 Å². The molecule has 1 fully saturated rings. The van der Waals surface area contributed by atoms with Crippen molar-refractivity contribution in [2.45, 2.75) is 13.5 Å². The Kier molecular flexibility index (Phi) is 7.17. The molecule has 1 saturated heterocycles. The van der Waals surface area contributed by atoms with E-state index >= 15 is 0 Å². The Morgan fingerprint density at radius 3 is 2.65 bits per heavy atom. The van der Waals surface area contributed by atoms with Crippen LogP contribution in [0.4, 0.5) is 5.82 Å². The average molecular weight is 437 g/mol. The lowest BCUT2D eigenvalue weighted by molar-refractivity contribution is 0.0952. The van der Waals surface area contributed by atoms with E-state index in [1.54, 1.807) is 0 Å². The lowest BCUT2D eigenvalue weighted by Crippen LogP contribution is -2.48. The Balaban J connectivity index is 1.25. The van der Waals surface area contributed by atoms with E-state index in [0.29, 0.717) is 13.2 Å². The first-order valence-corrected chi connectivity index (χ1v) is 11.5. The van der Waals surface area contributed by atoms with E-state index in [1.165, 1.54) is 16.9 Å². The number of anilines is 1. The van der Waals surface area contributed by atoms with Crippen molar-refractivity contribution in [2.75, 3.05) is 44.2 Å². The van der Waals surface area contributed by atoms with E-state index in [9.17, 15) is 4.79 Å². The summed E-state index contributed by atoms with van der Waals surface area (Å²) in [6.45, 7) is 7.76. The van der Waals surface area contributed by atoms with E-state index < -0.39 is 0 Å². The molecule has 0 saturated carbocycles. The van der Waals surface area contributed by atoms with Crippen molar-refractivity contribution in [3.8, 4) is 5.75 Å². The molecule has 1 aromatic carbocycles. The molecule has 31 heavy (non-hydrogen) atoms. The maximum atomic E-state index is 12.1. The zero-order chi connectivity index (χ0) is 21.5. The normalized spacial score (nSPS) is 14.4. The summed E-state index contributed by atoms with van der Waals surface area (Å²) >= 11 is 1.47. The number of ether oxygens (including phenoxy) is 1. The average Bonchev–Trinajstić information content (AvgIpc) is 3.35. The van der Waals surface area contributed by atoms with Gasteiger partial charge < -0.3 is 15.0 Å². The first-order chi connectivity index (χ1) is 15.2. The van der Waals surface area contributed by atoms with E-state index in [-0.39, 0.29) is 5.91 Å². The number of aromatic nitrogens is 1. The van der Waals surface area contributed by atoms with Crippen LogP contribution in [0.3, 0.4) is 0 Å². The van der Waals surface area contributed by atoms with Crippen LogP contribution in [0.25, 0.3) is 0 Å². The number of benzene rings is 1. The predicted molar refractivity (Wildman–Crippen MR) is 125 cm³/mol. The SMILES string of the molecule is Cc1ccc(COc2cccnc2N2CCN(CCNC(=O)c3cccs3)CC2)cc1. The summed E-state index contributed by atoms with van der Waals surface area (Å²) in [5.74, 6) is 1.73. The first-order valence-electron chi connectivity index (χ1n) is 10.6. The largest absolute Gasteiger partial charge is 0.485 e. The van der Waals surface area contributed by atoms with Gasteiger partial charge in [-0.25, -0.2) is 4.98 Å². The Morgan fingerprint density at radius 1 is 1.10 bits per heavy atom. The number of rotatable bonds is 8. The van der Waals surface area contributed by atoms with Gasteiger partial charge in [0.05, 0.1) is 4.88 Å². The zero-order valence-corrected chi connectivity index (χ0v) is 18.6. The van der Waals surface area contributed by atoms with Gasteiger partial charge in [0.1, 0.15) is 6.61 Å². The van der Waals surface area contributed by atoms with Crippen molar-refractivity contribution in [1.82, 2.24) is 15.2 Å². The number of nitrogens with zero attached hydrogens (tertiary/aromatic N) is 3. The Bertz CT molecular complexity index is 968. The summed E-state index contributed by atoms with van der Waals surface area (Å²) < 4.78 is 6.11. The summed E-state index contributed by atoms with van der Waals surface area (Å²) in [6, 6.07) is 16.1. The molecule has 0 bridgehead atoms. The first kappa shape index (κ1) is 21.3. The van der Waals surface area contributed by atoms with Gasteiger partial charge in [-0.05, 0) is 36.1 Å². The lowest BCUT2D eigenvalue weighted by Gasteiger charge is -2.35. The molecular formula is C24H28N4O2S. The zero-order valence-electron chi connectivity index (χ0n) is 17.8. The minimum atomic E-state index is 0.0116. The molecule has 1 amide bonds. The quantitative estimate of drug-likeness (QED) is 0.585. The van der Waals surface area contributed by atoms with E-state index in [2.05, 4.69) is 51.3 Å². The number of carbonyl (C=O) groups excluding carboxylic acids is 1. The van der Waals surface area contributed by atoms with Gasteiger partial charge in [0, 0.05) is 45.5 Å². The van der Waals surface area contributed by atoms with Crippen LogP contribution in [-0.4, -0.2) is 55.1 Å². The highest BCUT2D eigenvalue weighted by Gasteiger charge is 2.21. The number of pyridine rings is 1. The molecule has 0 spiro atoms. The van der Waals surface area contributed by atoms with Crippen molar-refractivity contribution in [2.24, 2.45) is 0 Å². The van der Waals surface area contributed by atoms with Crippen molar-refractivity contribution < 1.29 is 9.53 Å². The summed E-state index contributed by atoms with van der Waals surface area (Å²) in [4.78, 5) is 22.1. The van der Waals surface area contributed by atoms with Gasteiger partial charge in [0.15, 0.2) is 11.6 Å². The Morgan fingerprint density at radius 2 is 1.90 bits per heavy atom. The number of aryl methyl sites for hydroxylation is 1. The molecule has 3 heterocycles. The standard InChI is InChI=1S/C24H28N4O2S/c1-19-6-8-20(9-7-19)18-30-21-4-2-10-25-23(21)28-15-13-27(14-16-28)12-11-26-24(29)22-5-3-17-31-22/h2-10,17H,11-16,18H2,1H3,(H,26,29). The fourth-order valence-electron chi connectivity index (χ4n) is 3.58. The van der Waals surface area contributed by atoms with Crippen molar-refractivity contribution >= 4 is 23.1 Å². The van der Waals surface area contributed by atoms with Gasteiger partial charge in [-0.2, -0.15) is 0 Å². The minimum Gasteiger partial charge on any atom is -0.485 e. The highest BCUT2D eigenvalue weighted by atomic mass is 32.1. The molecule has 1 aliphatic rings. The van der Waals surface area contributed by atoms with E-state index in [4.69, 9.17) is 4.74 Å². The van der Waals surface area contributed by atoms with Crippen LogP contribution in [-0.2, 0) is 6.61 Å². The van der Waals surface area contributed by atoms with Crippen molar-refractivity contribution in [3.05, 3.63) is 76.1 Å². The molecule has 0 aliphatic carbocycles. The highest BCUT2D eigenvalue weighted by molar-refractivity contribution is 7.12. The van der Waals surface area contributed by atoms with Crippen molar-refractivity contribution in [3.63, 3.8) is 0 Å². The predicted octanol–water partition coefficient (Wildman–Crippen LogP) is 3.58. The molecule has 162 valence electrons. The second-order valence-electron chi connectivity index (χ2n) is 7.66. The van der Waals surface area contributed by atoms with Crippen LogP contribution in [0.15, 0.2) is 60.1 Å². The van der Waals surface area contributed by atoms with Gasteiger partial charge in [0.25, 0.3) is 5.91 Å². The maximum Gasteiger partial charge on any atom is 0.261 e. The van der Waals surface area contributed by atoms with Gasteiger partial charge in [-0.15, -0.1) is 11.3 Å². The maximum absolute atomic E-state index is 12.1. The molecule has 7 heteroatoms. The third-order valence-electron chi connectivity index (χ3n) is 5.40.